The monoisotopic (exact) mass is 477 g/mol. The lowest BCUT2D eigenvalue weighted by Gasteiger charge is -2.21. The van der Waals surface area contributed by atoms with Gasteiger partial charge in [0, 0.05) is 25.4 Å². The van der Waals surface area contributed by atoms with Crippen LogP contribution in [0.2, 0.25) is 0 Å². The first-order chi connectivity index (χ1) is 17.0. The topological polar surface area (TPSA) is 93.9 Å². The number of carbonyl (C=O) groups is 1. The summed E-state index contributed by atoms with van der Waals surface area (Å²) in [7, 11) is 3.01. The Morgan fingerprint density at radius 3 is 2.40 bits per heavy atom. The van der Waals surface area contributed by atoms with E-state index in [9.17, 15) is 14.7 Å². The zero-order chi connectivity index (χ0) is 24.9. The van der Waals surface area contributed by atoms with Crippen molar-refractivity contribution in [2.45, 2.75) is 38.5 Å². The molecule has 1 aliphatic rings. The predicted octanol–water partition coefficient (Wildman–Crippen LogP) is 3.93. The Balaban J connectivity index is 1.80. The highest BCUT2D eigenvalue weighted by Gasteiger charge is 2.33. The van der Waals surface area contributed by atoms with Crippen LogP contribution in [0.15, 0.2) is 53.3 Å². The molecule has 0 saturated carbocycles. The Bertz CT molecular complexity index is 1230. The van der Waals surface area contributed by atoms with E-state index in [0.717, 1.165) is 24.8 Å². The fourth-order valence-corrected chi connectivity index (χ4v) is 4.63. The summed E-state index contributed by atoms with van der Waals surface area (Å²) in [6.07, 6.45) is 2.85. The van der Waals surface area contributed by atoms with Gasteiger partial charge in [0.2, 0.25) is 5.88 Å². The van der Waals surface area contributed by atoms with Crippen LogP contribution < -0.4 is 15.0 Å². The predicted molar refractivity (Wildman–Crippen MR) is 133 cm³/mol. The molecule has 1 atom stereocenters. The lowest BCUT2D eigenvalue weighted by Crippen LogP contribution is -2.37. The van der Waals surface area contributed by atoms with Gasteiger partial charge < -0.3 is 19.5 Å². The summed E-state index contributed by atoms with van der Waals surface area (Å²) in [5.74, 6) is 0.260. The number of amides is 1. The summed E-state index contributed by atoms with van der Waals surface area (Å²) >= 11 is 0. The first kappa shape index (κ1) is 24.3. The number of nitrogens with zero attached hydrogens (tertiary/aromatic N) is 3. The average molecular weight is 478 g/mol. The Hall–Kier alpha value is -3.81. The highest BCUT2D eigenvalue weighted by Crippen LogP contribution is 2.34. The highest BCUT2D eigenvalue weighted by atomic mass is 16.5. The summed E-state index contributed by atoms with van der Waals surface area (Å²) in [6, 6.07) is 15.2. The molecule has 1 N–H and O–H groups in total. The van der Waals surface area contributed by atoms with Crippen molar-refractivity contribution in [3.63, 3.8) is 0 Å². The minimum atomic E-state index is -0.639. The van der Waals surface area contributed by atoms with Gasteiger partial charge in [-0.2, -0.15) is 4.98 Å². The number of para-hydroxylation sites is 1. The van der Waals surface area contributed by atoms with Crippen LogP contribution in [0.1, 0.15) is 53.8 Å². The normalized spacial score (nSPS) is 15.3. The molecule has 1 fully saturated rings. The Kier molecular flexibility index (Phi) is 7.39. The van der Waals surface area contributed by atoms with Crippen LogP contribution in [0, 0.1) is 0 Å². The fourth-order valence-electron chi connectivity index (χ4n) is 4.63. The third-order valence-electron chi connectivity index (χ3n) is 6.47. The third kappa shape index (κ3) is 4.73. The quantitative estimate of drug-likeness (QED) is 0.528. The first-order valence-electron chi connectivity index (χ1n) is 11.9. The molecule has 0 bridgehead atoms. The molecule has 2 aromatic carbocycles. The molecule has 3 aromatic rings. The van der Waals surface area contributed by atoms with Gasteiger partial charge in [-0.25, -0.2) is 0 Å². The second-order valence-corrected chi connectivity index (χ2v) is 8.63. The molecule has 1 aromatic heterocycles. The van der Waals surface area contributed by atoms with Crippen LogP contribution in [-0.4, -0.2) is 52.8 Å². The van der Waals surface area contributed by atoms with Gasteiger partial charge in [0.1, 0.15) is 23.0 Å². The summed E-state index contributed by atoms with van der Waals surface area (Å²) in [6.45, 7) is 2.99. The number of rotatable bonds is 8. The highest BCUT2D eigenvalue weighted by molar-refractivity contribution is 5.96. The van der Waals surface area contributed by atoms with E-state index in [-0.39, 0.29) is 11.5 Å². The average Bonchev–Trinajstić information content (AvgIpc) is 3.38. The second kappa shape index (κ2) is 10.6. The Labute approximate surface area is 204 Å². The third-order valence-corrected chi connectivity index (χ3v) is 6.47. The standard InChI is InChI=1S/C27H31N3O5/c1-4-5-14-22-28-25(31)23(26(32)29-16-15-19(17-29)18-10-7-6-8-11-18)27(33)30(22)24-20(34-2)12-9-13-21(24)35-3/h6-13,19,31H,4-5,14-17H2,1-3H3/t19-/m0/s1. The number of hydrogen-bond acceptors (Lipinski definition) is 6. The van der Waals surface area contributed by atoms with E-state index in [2.05, 4.69) is 4.98 Å². The maximum Gasteiger partial charge on any atom is 0.275 e. The van der Waals surface area contributed by atoms with Crippen molar-refractivity contribution in [3.05, 3.63) is 75.8 Å². The second-order valence-electron chi connectivity index (χ2n) is 8.63. The number of benzene rings is 2. The van der Waals surface area contributed by atoms with Gasteiger partial charge in [-0.3, -0.25) is 14.2 Å². The van der Waals surface area contributed by atoms with E-state index in [0.29, 0.717) is 42.5 Å². The molecule has 4 rings (SSSR count). The van der Waals surface area contributed by atoms with E-state index in [1.807, 2.05) is 37.3 Å². The molecular weight excluding hydrogens is 446 g/mol. The fraction of sp³-hybridized carbons (Fsp3) is 0.370. The van der Waals surface area contributed by atoms with Crippen LogP contribution >= 0.6 is 0 Å². The Morgan fingerprint density at radius 1 is 1.09 bits per heavy atom. The smallest absolute Gasteiger partial charge is 0.275 e. The Morgan fingerprint density at radius 2 is 1.77 bits per heavy atom. The van der Waals surface area contributed by atoms with Crippen LogP contribution in [-0.2, 0) is 6.42 Å². The number of hydrogen-bond donors (Lipinski definition) is 1. The summed E-state index contributed by atoms with van der Waals surface area (Å²) in [5.41, 5.74) is 0.529. The number of ether oxygens (including phenoxy) is 2. The van der Waals surface area contributed by atoms with Gasteiger partial charge >= 0.3 is 0 Å². The number of aryl methyl sites for hydroxylation is 1. The van der Waals surface area contributed by atoms with Crippen LogP contribution in [0.3, 0.4) is 0 Å². The maximum absolute atomic E-state index is 13.9. The molecule has 1 amide bonds. The minimum absolute atomic E-state index is 0.176. The molecule has 184 valence electrons. The van der Waals surface area contributed by atoms with Gasteiger partial charge in [-0.05, 0) is 30.5 Å². The number of methoxy groups -OCH3 is 2. The number of unbranched alkanes of at least 4 members (excludes halogenated alkanes) is 1. The van der Waals surface area contributed by atoms with E-state index >= 15 is 0 Å². The molecular formula is C27H31N3O5. The maximum atomic E-state index is 13.9. The summed E-state index contributed by atoms with van der Waals surface area (Å²) < 4.78 is 12.4. The largest absolute Gasteiger partial charge is 0.494 e. The van der Waals surface area contributed by atoms with Crippen LogP contribution in [0.25, 0.3) is 5.69 Å². The molecule has 35 heavy (non-hydrogen) atoms. The first-order valence-corrected chi connectivity index (χ1v) is 11.9. The molecule has 8 heteroatoms. The SMILES string of the molecule is CCCCc1nc(O)c(C(=O)N2CC[C@H](c3ccccc3)C2)c(=O)n1-c1c(OC)cccc1OC. The number of aromatic hydroxyl groups is 1. The zero-order valence-electron chi connectivity index (χ0n) is 20.4. The van der Waals surface area contributed by atoms with E-state index < -0.39 is 17.3 Å². The lowest BCUT2D eigenvalue weighted by molar-refractivity contribution is 0.0784. The molecule has 8 nitrogen and oxygen atoms in total. The summed E-state index contributed by atoms with van der Waals surface area (Å²) in [4.78, 5) is 33.3. The molecule has 1 aliphatic heterocycles. The molecule has 2 heterocycles. The van der Waals surface area contributed by atoms with E-state index in [4.69, 9.17) is 9.47 Å². The van der Waals surface area contributed by atoms with Gasteiger partial charge in [0.15, 0.2) is 5.56 Å². The molecule has 0 unspecified atom stereocenters. The number of likely N-dealkylation sites (tertiary alicyclic amines) is 1. The van der Waals surface area contributed by atoms with Crippen LogP contribution in [0.5, 0.6) is 17.4 Å². The van der Waals surface area contributed by atoms with Crippen molar-refractivity contribution in [1.82, 2.24) is 14.5 Å². The van der Waals surface area contributed by atoms with Crippen molar-refractivity contribution in [2.75, 3.05) is 27.3 Å². The van der Waals surface area contributed by atoms with Gasteiger partial charge in [0.05, 0.1) is 14.2 Å². The van der Waals surface area contributed by atoms with Gasteiger partial charge in [-0.1, -0.05) is 49.7 Å². The molecule has 1 saturated heterocycles. The van der Waals surface area contributed by atoms with Crippen molar-refractivity contribution >= 4 is 5.91 Å². The van der Waals surface area contributed by atoms with Gasteiger partial charge in [-0.15, -0.1) is 0 Å². The summed E-state index contributed by atoms with van der Waals surface area (Å²) in [5, 5.41) is 10.8. The number of aromatic nitrogens is 2. The van der Waals surface area contributed by atoms with E-state index in [1.165, 1.54) is 18.8 Å². The minimum Gasteiger partial charge on any atom is -0.494 e. The number of carbonyl (C=O) groups excluding carboxylic acids is 1. The molecule has 0 radical (unpaired) electrons. The van der Waals surface area contributed by atoms with Crippen molar-refractivity contribution in [1.29, 1.82) is 0 Å². The zero-order valence-corrected chi connectivity index (χ0v) is 20.4. The van der Waals surface area contributed by atoms with Crippen molar-refractivity contribution in [2.24, 2.45) is 0 Å². The van der Waals surface area contributed by atoms with Crippen LogP contribution in [0.4, 0.5) is 0 Å². The lowest BCUT2D eigenvalue weighted by atomic mass is 9.99. The van der Waals surface area contributed by atoms with Gasteiger partial charge in [0.25, 0.3) is 11.5 Å². The van der Waals surface area contributed by atoms with E-state index in [1.54, 1.807) is 23.1 Å². The molecule has 0 aliphatic carbocycles. The molecule has 0 spiro atoms. The van der Waals surface area contributed by atoms with Crippen molar-refractivity contribution in [3.8, 4) is 23.1 Å². The van der Waals surface area contributed by atoms with Crippen molar-refractivity contribution < 1.29 is 19.4 Å².